The van der Waals surface area contributed by atoms with E-state index in [9.17, 15) is 0 Å². The molecular formula is C41H44Br2Zr. The van der Waals surface area contributed by atoms with Crippen LogP contribution in [0.3, 0.4) is 0 Å². The summed E-state index contributed by atoms with van der Waals surface area (Å²) in [5.41, 5.74) is 12.1. The average molecular weight is 788 g/mol. The molecule has 3 heteroatoms. The Balaban J connectivity index is 0.00000221. The van der Waals surface area contributed by atoms with Crippen molar-refractivity contribution < 1.29 is 55.2 Å². The van der Waals surface area contributed by atoms with Crippen LogP contribution < -0.4 is 34.0 Å². The molecular weight excluding hydrogens is 743 g/mol. The van der Waals surface area contributed by atoms with Crippen LogP contribution in [0.2, 0.25) is 0 Å². The van der Waals surface area contributed by atoms with Crippen LogP contribution in [0.15, 0.2) is 119 Å². The van der Waals surface area contributed by atoms with Crippen molar-refractivity contribution in [1.82, 2.24) is 0 Å². The molecule has 0 heterocycles. The molecule has 6 rings (SSSR count). The zero-order valence-corrected chi connectivity index (χ0v) is 32.6. The van der Waals surface area contributed by atoms with E-state index in [-0.39, 0.29) is 44.8 Å². The Morgan fingerprint density at radius 1 is 0.636 bits per heavy atom. The van der Waals surface area contributed by atoms with Gasteiger partial charge in [0, 0.05) is 0 Å². The Kier molecular flexibility index (Phi) is 11.3. The third kappa shape index (κ3) is 7.38. The van der Waals surface area contributed by atoms with Crippen LogP contribution in [0, 0.1) is 0 Å². The first-order valence-corrected chi connectivity index (χ1v) is 19.4. The van der Waals surface area contributed by atoms with Gasteiger partial charge in [-0.1, -0.05) is 0 Å². The van der Waals surface area contributed by atoms with Crippen LogP contribution in [0.5, 0.6) is 0 Å². The number of halogens is 2. The minimum atomic E-state index is -2.49. The minimum Gasteiger partial charge on any atom is -1.00 e. The van der Waals surface area contributed by atoms with Crippen LogP contribution in [0.1, 0.15) is 85.0 Å². The molecule has 2 aliphatic carbocycles. The normalized spacial score (nSPS) is 13.6. The molecule has 0 unspecified atom stereocenters. The fourth-order valence-corrected chi connectivity index (χ4v) is 15.9. The van der Waals surface area contributed by atoms with Gasteiger partial charge < -0.3 is 34.0 Å². The fourth-order valence-electron chi connectivity index (χ4n) is 6.70. The standard InChI is InChI=1S/C21H25.C15H14.C5H5.2BrH.Zr/c1-20(2,3)16-9-7-14-11-15-8-10-17(21(4,5)6)13-19(15)18(14)12-16;1-3-8-14(9-4-1)12-7-13-15-10-5-2-6-11-15;1-2-4-5-3-1;;;/h7-13H,1-6H3;1-6,8-11H,12-13H2;1-3H,4H2;2*1H;/q;;;;;+2/p-2. The van der Waals surface area contributed by atoms with E-state index in [1.54, 1.807) is 17.6 Å². The molecule has 0 N–H and O–H groups in total. The Labute approximate surface area is 294 Å². The summed E-state index contributed by atoms with van der Waals surface area (Å²) in [6, 6.07) is 37.4. The largest absolute Gasteiger partial charge is 1.00 e. The minimum absolute atomic E-state index is 0. The number of hydrogen-bond acceptors (Lipinski definition) is 0. The van der Waals surface area contributed by atoms with Gasteiger partial charge in [0.25, 0.3) is 0 Å². The fraction of sp³-hybridized carbons (Fsp3) is 0.293. The van der Waals surface area contributed by atoms with E-state index in [4.69, 9.17) is 0 Å². The first kappa shape index (κ1) is 34.9. The Hall–Kier alpha value is -1.93. The van der Waals surface area contributed by atoms with E-state index in [1.165, 1.54) is 33.4 Å². The van der Waals surface area contributed by atoms with Gasteiger partial charge in [-0.3, -0.25) is 0 Å². The van der Waals surface area contributed by atoms with Gasteiger partial charge in [0.2, 0.25) is 0 Å². The molecule has 0 aromatic heterocycles. The number of rotatable bonds is 6. The van der Waals surface area contributed by atoms with Gasteiger partial charge in [0.15, 0.2) is 0 Å². The van der Waals surface area contributed by atoms with Crippen molar-refractivity contribution in [2.75, 3.05) is 0 Å². The quantitative estimate of drug-likeness (QED) is 0.271. The van der Waals surface area contributed by atoms with Crippen molar-refractivity contribution in [1.29, 1.82) is 0 Å². The van der Waals surface area contributed by atoms with Crippen molar-refractivity contribution in [3.8, 4) is 11.1 Å². The molecule has 0 saturated carbocycles. The van der Waals surface area contributed by atoms with E-state index in [1.807, 2.05) is 0 Å². The van der Waals surface area contributed by atoms with E-state index in [0.717, 1.165) is 19.3 Å². The van der Waals surface area contributed by atoms with Gasteiger partial charge in [-0.05, 0) is 0 Å². The second kappa shape index (κ2) is 14.2. The zero-order valence-electron chi connectivity index (χ0n) is 26.9. The number of fused-ring (bicyclic) bond motifs is 3. The summed E-state index contributed by atoms with van der Waals surface area (Å²) in [6.45, 7) is 14.1. The molecule has 0 bridgehead atoms. The second-order valence-corrected chi connectivity index (χ2v) is 21.0. The third-order valence-electron chi connectivity index (χ3n) is 9.06. The van der Waals surface area contributed by atoms with Crippen molar-refractivity contribution >= 4 is 3.21 Å². The predicted octanol–water partition coefficient (Wildman–Crippen LogP) is 4.48. The van der Waals surface area contributed by atoms with E-state index in [0.29, 0.717) is 3.63 Å². The van der Waals surface area contributed by atoms with Crippen molar-refractivity contribution in [2.45, 2.75) is 75.3 Å². The van der Waals surface area contributed by atoms with Crippen molar-refractivity contribution in [3.63, 3.8) is 0 Å². The first-order chi connectivity index (χ1) is 20.1. The van der Waals surface area contributed by atoms with Crippen LogP contribution in [-0.4, -0.2) is 3.21 Å². The molecule has 0 radical (unpaired) electrons. The third-order valence-corrected chi connectivity index (χ3v) is 17.4. The van der Waals surface area contributed by atoms with Gasteiger partial charge in [0.05, 0.1) is 0 Å². The smallest absolute Gasteiger partial charge is 1.00 e. The number of benzene rings is 4. The molecule has 0 atom stereocenters. The van der Waals surface area contributed by atoms with Gasteiger partial charge in [0.1, 0.15) is 0 Å². The van der Waals surface area contributed by atoms with Gasteiger partial charge >= 0.3 is 263 Å². The van der Waals surface area contributed by atoms with Crippen molar-refractivity contribution in [3.05, 3.63) is 152 Å². The van der Waals surface area contributed by atoms with Gasteiger partial charge in [-0.15, -0.1) is 0 Å². The summed E-state index contributed by atoms with van der Waals surface area (Å²) in [6.07, 6.45) is 10.5. The van der Waals surface area contributed by atoms with Crippen LogP contribution in [-0.2, 0) is 44.9 Å². The van der Waals surface area contributed by atoms with Crippen molar-refractivity contribution in [2.24, 2.45) is 0 Å². The Morgan fingerprint density at radius 2 is 1.09 bits per heavy atom. The molecule has 0 nitrogen and oxygen atoms in total. The number of allylic oxidation sites excluding steroid dienone is 4. The van der Waals surface area contributed by atoms with Gasteiger partial charge in [-0.2, -0.15) is 0 Å². The maximum atomic E-state index is 2.54. The molecule has 4 aromatic carbocycles. The summed E-state index contributed by atoms with van der Waals surface area (Å²) in [4.78, 5) is 0. The molecule has 0 saturated heterocycles. The van der Waals surface area contributed by atoms with Crippen LogP contribution >= 0.6 is 0 Å². The molecule has 0 aliphatic heterocycles. The van der Waals surface area contributed by atoms with E-state index >= 15 is 0 Å². The SMILES string of the molecule is CC(C)(C)c1ccc2c(c1)-c1cc(C(C)(C)C)ccc1[CH]2[Zr+2]([C]1=CC=CC1)=[C](Cc1ccccc1)Cc1ccccc1.[Br-].[Br-]. The summed E-state index contributed by atoms with van der Waals surface area (Å²) in [7, 11) is 0. The first-order valence-electron chi connectivity index (χ1n) is 15.5. The predicted molar refractivity (Wildman–Crippen MR) is 178 cm³/mol. The summed E-state index contributed by atoms with van der Waals surface area (Å²) in [5, 5.41) is 0. The molecule has 0 spiro atoms. The molecule has 44 heavy (non-hydrogen) atoms. The summed E-state index contributed by atoms with van der Waals surface area (Å²) in [5.74, 6) is 0. The number of hydrogen-bond donors (Lipinski definition) is 0. The Morgan fingerprint density at radius 3 is 1.48 bits per heavy atom. The maximum absolute atomic E-state index is 2.54. The topological polar surface area (TPSA) is 0 Å². The molecule has 0 amide bonds. The molecule has 2 aliphatic rings. The Bertz CT molecular complexity index is 1590. The summed E-state index contributed by atoms with van der Waals surface area (Å²) >= 11 is -2.49. The zero-order chi connectivity index (χ0) is 29.5. The van der Waals surface area contributed by atoms with E-state index in [2.05, 4.69) is 157 Å². The summed E-state index contributed by atoms with van der Waals surface area (Å²) < 4.78 is 4.03. The van der Waals surface area contributed by atoms with Gasteiger partial charge in [-0.25, -0.2) is 0 Å². The van der Waals surface area contributed by atoms with Crippen LogP contribution in [0.25, 0.3) is 11.1 Å². The second-order valence-electron chi connectivity index (χ2n) is 14.2. The molecule has 0 fully saturated rings. The van der Waals surface area contributed by atoms with Crippen LogP contribution in [0.4, 0.5) is 0 Å². The maximum Gasteiger partial charge on any atom is -1.00 e. The molecule has 4 aromatic rings. The average Bonchev–Trinajstić information content (AvgIpc) is 3.60. The van der Waals surface area contributed by atoms with E-state index < -0.39 is 21.3 Å². The monoisotopic (exact) mass is 784 g/mol. The molecule has 226 valence electrons.